The highest BCUT2D eigenvalue weighted by atomic mass is 16.1. The van der Waals surface area contributed by atoms with Crippen LogP contribution in [0, 0.1) is 0 Å². The fourth-order valence-corrected chi connectivity index (χ4v) is 1.13. The van der Waals surface area contributed by atoms with Gasteiger partial charge in [-0.1, -0.05) is 0 Å². The first-order valence-corrected chi connectivity index (χ1v) is 4.64. The highest BCUT2D eigenvalue weighted by Crippen LogP contribution is 2.04. The largest absolute Gasteiger partial charge is 0.522 e. The zero-order valence-corrected chi connectivity index (χ0v) is 8.95. The number of nitrogens with one attached hydrogen (secondary N) is 2. The van der Waals surface area contributed by atoms with Crippen LogP contribution in [0.4, 0.5) is 5.69 Å². The van der Waals surface area contributed by atoms with Gasteiger partial charge < -0.3 is 11.5 Å². The van der Waals surface area contributed by atoms with E-state index >= 15 is 0 Å². The summed E-state index contributed by atoms with van der Waals surface area (Å²) >= 11 is 0. The van der Waals surface area contributed by atoms with Crippen LogP contribution >= 0.6 is 0 Å². The van der Waals surface area contributed by atoms with E-state index in [4.69, 9.17) is 17.2 Å². The Balaban J connectivity index is 2.91. The molecule has 0 fully saturated rings. The molecular weight excluding hydrogens is 206 g/mol. The summed E-state index contributed by atoms with van der Waals surface area (Å²) in [6, 6.07) is 6.87. The summed E-state index contributed by atoms with van der Waals surface area (Å²) < 4.78 is 0. The van der Waals surface area contributed by atoms with Crippen LogP contribution in [0.5, 0.6) is 0 Å². The van der Waals surface area contributed by atoms with Gasteiger partial charge in [0, 0.05) is 5.56 Å². The number of Topliss-reactive ketones (excluding diaryl/α,β-unsaturated/α-hetero) is 1. The van der Waals surface area contributed by atoms with Gasteiger partial charge in [0.15, 0.2) is 11.5 Å². The minimum Gasteiger partial charge on any atom is -0.345 e. The molecule has 1 rings (SSSR count). The van der Waals surface area contributed by atoms with Crippen LogP contribution in [0.2, 0.25) is 0 Å². The first kappa shape index (κ1) is 11.7. The third-order valence-electron chi connectivity index (χ3n) is 1.85. The molecule has 0 aliphatic carbocycles. The molecule has 6 nitrogen and oxygen atoms in total. The van der Waals surface area contributed by atoms with Crippen LogP contribution in [0.25, 0.3) is 0 Å². The van der Waals surface area contributed by atoms with Gasteiger partial charge in [0.25, 0.3) is 5.96 Å². The number of benzene rings is 1. The van der Waals surface area contributed by atoms with Crippen molar-refractivity contribution in [2.75, 3.05) is 0 Å². The Hall–Kier alpha value is -2.37. The van der Waals surface area contributed by atoms with Gasteiger partial charge in [0.05, 0.1) is 0 Å². The first-order valence-electron chi connectivity index (χ1n) is 4.64. The Bertz CT molecular complexity index is 443. The summed E-state index contributed by atoms with van der Waals surface area (Å²) in [7, 11) is 0. The molecule has 0 bridgehead atoms. The Kier molecular flexibility index (Phi) is 3.60. The number of hydrogen-bond donors (Lipinski definition) is 5. The molecule has 0 amide bonds. The molecule has 16 heavy (non-hydrogen) atoms. The second-order valence-electron chi connectivity index (χ2n) is 3.25. The fourth-order valence-electron chi connectivity index (χ4n) is 1.13. The molecule has 8 N–H and O–H groups in total. The molecule has 0 aliphatic heterocycles. The van der Waals surface area contributed by atoms with Crippen molar-refractivity contribution in [1.82, 2.24) is 0 Å². The number of nitrogens with two attached hydrogens (primary N) is 3. The number of ketones is 1. The van der Waals surface area contributed by atoms with Crippen molar-refractivity contribution in [3.05, 3.63) is 29.8 Å². The Morgan fingerprint density at radius 1 is 1.12 bits per heavy atom. The number of guanidine groups is 2. The van der Waals surface area contributed by atoms with E-state index in [1.807, 2.05) is 0 Å². The lowest BCUT2D eigenvalue weighted by Crippen LogP contribution is -2.96. The van der Waals surface area contributed by atoms with E-state index in [-0.39, 0.29) is 17.7 Å². The summed E-state index contributed by atoms with van der Waals surface area (Å²) in [4.78, 5) is 16.4. The van der Waals surface area contributed by atoms with Gasteiger partial charge in [-0.3, -0.25) is 4.79 Å². The molecule has 1 aromatic carbocycles. The lowest BCUT2D eigenvalue weighted by atomic mass is 10.1. The summed E-state index contributed by atoms with van der Waals surface area (Å²) in [5.41, 5.74) is 17.3. The lowest BCUT2D eigenvalue weighted by Gasteiger charge is -1.93. The van der Waals surface area contributed by atoms with Gasteiger partial charge in [-0.2, -0.15) is 4.99 Å². The third-order valence-corrected chi connectivity index (χ3v) is 1.85. The minimum atomic E-state index is 0.00496. The second kappa shape index (κ2) is 4.92. The monoisotopic (exact) mass is 221 g/mol. The number of carbonyl (C=O) groups excluding carboxylic acids is 1. The minimum absolute atomic E-state index is 0.00496. The first-order chi connectivity index (χ1) is 7.49. The molecule has 0 spiro atoms. The summed E-state index contributed by atoms with van der Waals surface area (Å²) in [5, 5.41) is 0. The predicted octanol–water partition coefficient (Wildman–Crippen LogP) is -3.73. The van der Waals surface area contributed by atoms with Crippen LogP contribution in [-0.2, 0) is 0 Å². The number of hydrogen-bond acceptors (Lipinski definition) is 1. The molecule has 0 radical (unpaired) electrons. The summed E-state index contributed by atoms with van der Waals surface area (Å²) in [5.74, 6) is 0.238. The van der Waals surface area contributed by atoms with Crippen molar-refractivity contribution < 1.29 is 14.8 Å². The number of rotatable bonds is 2. The topological polar surface area (TPSA) is 123 Å². The Morgan fingerprint density at radius 3 is 2.12 bits per heavy atom. The van der Waals surface area contributed by atoms with E-state index in [1.165, 1.54) is 6.92 Å². The molecule has 0 saturated heterocycles. The van der Waals surface area contributed by atoms with Gasteiger partial charge in [-0.05, 0) is 31.2 Å². The van der Waals surface area contributed by atoms with E-state index in [9.17, 15) is 4.79 Å². The quantitative estimate of drug-likeness (QED) is 0.200. The van der Waals surface area contributed by atoms with Gasteiger partial charge in [0.1, 0.15) is 0 Å². The van der Waals surface area contributed by atoms with Crippen molar-refractivity contribution >= 4 is 23.4 Å². The maximum absolute atomic E-state index is 11.0. The van der Waals surface area contributed by atoms with Gasteiger partial charge in [-0.15, -0.1) is 4.99 Å². The smallest absolute Gasteiger partial charge is 0.345 e. The van der Waals surface area contributed by atoms with E-state index in [0.717, 1.165) is 5.69 Å². The zero-order valence-electron chi connectivity index (χ0n) is 8.95. The lowest BCUT2D eigenvalue weighted by molar-refractivity contribution is -0.459. The molecule has 6 heteroatoms. The predicted molar refractivity (Wildman–Crippen MR) is 60.6 cm³/mol. The van der Waals surface area contributed by atoms with Crippen molar-refractivity contribution in [1.29, 1.82) is 0 Å². The van der Waals surface area contributed by atoms with Gasteiger partial charge in [0.2, 0.25) is 0 Å². The maximum Gasteiger partial charge on any atom is 0.522 e. The molecule has 0 aliphatic rings. The van der Waals surface area contributed by atoms with Gasteiger partial charge >= 0.3 is 5.96 Å². The molecule has 0 heterocycles. The Morgan fingerprint density at radius 2 is 1.69 bits per heavy atom. The highest BCUT2D eigenvalue weighted by Gasteiger charge is 2.05. The van der Waals surface area contributed by atoms with E-state index < -0.39 is 0 Å². The SMILES string of the molecule is CC(=O)c1ccc([NH+]=C(N)[NH+]=C(N)N)cc1. The Labute approximate surface area is 92.9 Å². The fraction of sp³-hybridized carbons (Fsp3) is 0.100. The standard InChI is InChI=1S/C10H13N5O/c1-6(16)7-2-4-8(5-3-7)14-10(13)15-9(11)12/h2-5H,1H3,(H6,11,12,13,14,15)/p+2. The average molecular weight is 221 g/mol. The second-order valence-corrected chi connectivity index (χ2v) is 3.25. The van der Waals surface area contributed by atoms with E-state index in [0.29, 0.717) is 5.56 Å². The molecule has 0 unspecified atom stereocenters. The molecular formula is C10H15N5O+2. The normalized spacial score (nSPS) is 10.9. The maximum atomic E-state index is 11.0. The third kappa shape index (κ3) is 3.41. The van der Waals surface area contributed by atoms with Crippen LogP contribution < -0.4 is 27.2 Å². The van der Waals surface area contributed by atoms with Crippen molar-refractivity contribution in [2.45, 2.75) is 6.92 Å². The van der Waals surface area contributed by atoms with E-state index in [2.05, 4.69) is 9.98 Å². The molecule has 0 saturated carbocycles. The van der Waals surface area contributed by atoms with Crippen molar-refractivity contribution in [3.8, 4) is 0 Å². The highest BCUT2D eigenvalue weighted by molar-refractivity contribution is 5.94. The summed E-state index contributed by atoms with van der Waals surface area (Å²) in [6.45, 7) is 1.51. The van der Waals surface area contributed by atoms with Crippen LogP contribution in [0.1, 0.15) is 17.3 Å². The van der Waals surface area contributed by atoms with Crippen LogP contribution in [0.3, 0.4) is 0 Å². The van der Waals surface area contributed by atoms with Crippen molar-refractivity contribution in [2.24, 2.45) is 17.2 Å². The van der Waals surface area contributed by atoms with Crippen molar-refractivity contribution in [3.63, 3.8) is 0 Å². The molecule has 84 valence electrons. The van der Waals surface area contributed by atoms with Crippen LogP contribution in [-0.4, -0.2) is 17.7 Å². The van der Waals surface area contributed by atoms with Crippen LogP contribution in [0.15, 0.2) is 24.3 Å². The average Bonchev–Trinajstić information content (AvgIpc) is 2.16. The molecule has 0 aromatic heterocycles. The van der Waals surface area contributed by atoms with E-state index in [1.54, 1.807) is 24.3 Å². The molecule has 1 aromatic rings. The zero-order chi connectivity index (χ0) is 12.1. The summed E-state index contributed by atoms with van der Waals surface area (Å²) in [6.07, 6.45) is 0. The van der Waals surface area contributed by atoms with Gasteiger partial charge in [-0.25, -0.2) is 5.73 Å². The molecule has 0 atom stereocenters. The number of carbonyl (C=O) groups is 1.